The van der Waals surface area contributed by atoms with Crippen molar-refractivity contribution in [3.8, 4) is 0 Å². The normalized spacial score (nSPS) is 12.4. The molecule has 1 unspecified atom stereocenters. The van der Waals surface area contributed by atoms with Crippen LogP contribution in [0.15, 0.2) is 43.0 Å². The first kappa shape index (κ1) is 11.0. The summed E-state index contributed by atoms with van der Waals surface area (Å²) in [7, 11) is 0. The van der Waals surface area contributed by atoms with E-state index in [1.807, 2.05) is 18.2 Å². The average molecular weight is 192 g/mol. The van der Waals surface area contributed by atoms with Crippen LogP contribution in [0.25, 0.3) is 0 Å². The van der Waals surface area contributed by atoms with E-state index in [4.69, 9.17) is 9.78 Å². The minimum Gasteiger partial charge on any atom is -0.236 e. The Morgan fingerprint density at radius 3 is 2.64 bits per heavy atom. The van der Waals surface area contributed by atoms with E-state index in [-0.39, 0.29) is 0 Å². The Labute approximate surface area is 85.1 Å². The molecule has 2 nitrogen and oxygen atoms in total. The molecule has 0 heterocycles. The van der Waals surface area contributed by atoms with Crippen molar-refractivity contribution in [3.05, 3.63) is 48.6 Å². The zero-order valence-corrected chi connectivity index (χ0v) is 8.48. The topological polar surface area (TPSA) is 18.5 Å². The smallest absolute Gasteiger partial charge is 0.100 e. The van der Waals surface area contributed by atoms with Crippen LogP contribution >= 0.6 is 0 Å². The SMILES string of the molecule is C=CCOOCC(C)c1ccccc1. The number of hydrogen-bond acceptors (Lipinski definition) is 2. The minimum atomic E-state index is 0.348. The van der Waals surface area contributed by atoms with Crippen molar-refractivity contribution < 1.29 is 9.78 Å². The molecule has 1 aromatic rings. The van der Waals surface area contributed by atoms with Gasteiger partial charge in [-0.25, -0.2) is 9.78 Å². The molecule has 1 atom stereocenters. The number of rotatable bonds is 6. The molecule has 0 aromatic heterocycles. The van der Waals surface area contributed by atoms with E-state index >= 15 is 0 Å². The van der Waals surface area contributed by atoms with Gasteiger partial charge in [-0.1, -0.05) is 43.3 Å². The highest BCUT2D eigenvalue weighted by Crippen LogP contribution is 2.14. The fourth-order valence-electron chi connectivity index (χ4n) is 1.12. The molecule has 0 fully saturated rings. The Morgan fingerprint density at radius 1 is 1.29 bits per heavy atom. The van der Waals surface area contributed by atoms with Crippen LogP contribution in [0.3, 0.4) is 0 Å². The average Bonchev–Trinajstić information content (AvgIpc) is 2.25. The zero-order chi connectivity index (χ0) is 10.2. The standard InChI is InChI=1S/C12H16O2/c1-3-9-13-14-10-11(2)12-7-5-4-6-8-12/h3-8,11H,1,9-10H2,2H3. The van der Waals surface area contributed by atoms with Gasteiger partial charge >= 0.3 is 0 Å². The Morgan fingerprint density at radius 2 is 2.00 bits per heavy atom. The van der Waals surface area contributed by atoms with Crippen molar-refractivity contribution in [2.24, 2.45) is 0 Å². The van der Waals surface area contributed by atoms with Gasteiger partial charge in [-0.3, -0.25) is 0 Å². The molecule has 0 radical (unpaired) electrons. The second-order valence-corrected chi connectivity index (χ2v) is 3.17. The van der Waals surface area contributed by atoms with Gasteiger partial charge in [0.1, 0.15) is 6.61 Å². The molecule has 0 saturated carbocycles. The van der Waals surface area contributed by atoms with Gasteiger partial charge in [0.05, 0.1) is 6.61 Å². The summed E-state index contributed by atoms with van der Waals surface area (Å²) < 4.78 is 0. The molecular formula is C12H16O2. The van der Waals surface area contributed by atoms with Crippen LogP contribution in [0.5, 0.6) is 0 Å². The van der Waals surface area contributed by atoms with Gasteiger partial charge in [-0.15, -0.1) is 6.58 Å². The molecule has 0 aliphatic heterocycles. The van der Waals surface area contributed by atoms with E-state index in [1.165, 1.54) is 5.56 Å². The summed E-state index contributed by atoms with van der Waals surface area (Å²) in [6, 6.07) is 10.2. The van der Waals surface area contributed by atoms with E-state index in [0.717, 1.165) is 0 Å². The molecular weight excluding hydrogens is 176 g/mol. The van der Waals surface area contributed by atoms with Gasteiger partial charge in [0.2, 0.25) is 0 Å². The summed E-state index contributed by atoms with van der Waals surface area (Å²) in [5.41, 5.74) is 1.26. The lowest BCUT2D eigenvalue weighted by atomic mass is 10.0. The molecule has 0 saturated heterocycles. The summed E-state index contributed by atoms with van der Waals surface area (Å²) in [6.45, 7) is 6.63. The first-order chi connectivity index (χ1) is 6.84. The largest absolute Gasteiger partial charge is 0.236 e. The molecule has 0 aliphatic rings. The fourth-order valence-corrected chi connectivity index (χ4v) is 1.12. The van der Waals surface area contributed by atoms with Crippen LogP contribution in [0.4, 0.5) is 0 Å². The van der Waals surface area contributed by atoms with E-state index in [9.17, 15) is 0 Å². The van der Waals surface area contributed by atoms with Crippen LogP contribution in [-0.4, -0.2) is 13.2 Å². The monoisotopic (exact) mass is 192 g/mol. The van der Waals surface area contributed by atoms with E-state index in [2.05, 4.69) is 25.6 Å². The third-order valence-corrected chi connectivity index (χ3v) is 1.96. The summed E-state index contributed by atoms with van der Waals surface area (Å²) in [6.07, 6.45) is 1.66. The van der Waals surface area contributed by atoms with E-state index in [1.54, 1.807) is 6.08 Å². The molecule has 0 amide bonds. The van der Waals surface area contributed by atoms with Crippen LogP contribution < -0.4 is 0 Å². The molecule has 76 valence electrons. The van der Waals surface area contributed by atoms with Crippen LogP contribution in [0.2, 0.25) is 0 Å². The van der Waals surface area contributed by atoms with E-state index in [0.29, 0.717) is 19.1 Å². The second-order valence-electron chi connectivity index (χ2n) is 3.17. The fraction of sp³-hybridized carbons (Fsp3) is 0.333. The predicted molar refractivity (Wildman–Crippen MR) is 57.0 cm³/mol. The highest BCUT2D eigenvalue weighted by molar-refractivity contribution is 5.18. The summed E-state index contributed by atoms with van der Waals surface area (Å²) >= 11 is 0. The summed E-state index contributed by atoms with van der Waals surface area (Å²) in [5, 5.41) is 0. The Hall–Kier alpha value is -1.12. The molecule has 2 heteroatoms. The van der Waals surface area contributed by atoms with Crippen molar-refractivity contribution in [2.45, 2.75) is 12.8 Å². The van der Waals surface area contributed by atoms with Crippen molar-refractivity contribution in [3.63, 3.8) is 0 Å². The molecule has 1 rings (SSSR count). The number of hydrogen-bond donors (Lipinski definition) is 0. The van der Waals surface area contributed by atoms with Gasteiger partial charge in [0, 0.05) is 5.92 Å². The maximum atomic E-state index is 5.02. The molecule has 14 heavy (non-hydrogen) atoms. The second kappa shape index (κ2) is 6.35. The van der Waals surface area contributed by atoms with Crippen LogP contribution in [-0.2, 0) is 9.78 Å². The lowest BCUT2D eigenvalue weighted by molar-refractivity contribution is -0.288. The summed E-state index contributed by atoms with van der Waals surface area (Å²) in [4.78, 5) is 9.88. The Bertz CT molecular complexity index is 256. The van der Waals surface area contributed by atoms with Crippen molar-refractivity contribution in [2.75, 3.05) is 13.2 Å². The Balaban J connectivity index is 2.28. The van der Waals surface area contributed by atoms with Gasteiger partial charge < -0.3 is 0 Å². The lowest BCUT2D eigenvalue weighted by Crippen LogP contribution is -2.05. The van der Waals surface area contributed by atoms with Crippen molar-refractivity contribution in [1.29, 1.82) is 0 Å². The van der Waals surface area contributed by atoms with Gasteiger partial charge in [0.25, 0.3) is 0 Å². The first-order valence-corrected chi connectivity index (χ1v) is 4.75. The number of benzene rings is 1. The molecule has 0 spiro atoms. The molecule has 0 N–H and O–H groups in total. The van der Waals surface area contributed by atoms with Crippen molar-refractivity contribution in [1.82, 2.24) is 0 Å². The maximum absolute atomic E-state index is 5.02. The third kappa shape index (κ3) is 3.73. The zero-order valence-electron chi connectivity index (χ0n) is 8.48. The first-order valence-electron chi connectivity index (χ1n) is 4.75. The van der Waals surface area contributed by atoms with Gasteiger partial charge in [-0.2, -0.15) is 0 Å². The highest BCUT2D eigenvalue weighted by atomic mass is 17.2. The van der Waals surface area contributed by atoms with E-state index < -0.39 is 0 Å². The predicted octanol–water partition coefficient (Wildman–Crippen LogP) is 2.92. The maximum Gasteiger partial charge on any atom is 0.100 e. The Kier molecular flexibility index (Phi) is 4.97. The van der Waals surface area contributed by atoms with Crippen molar-refractivity contribution >= 4 is 0 Å². The lowest BCUT2D eigenvalue weighted by Gasteiger charge is -2.10. The molecule has 0 bridgehead atoms. The van der Waals surface area contributed by atoms with Gasteiger partial charge in [0.15, 0.2) is 0 Å². The highest BCUT2D eigenvalue weighted by Gasteiger charge is 2.04. The third-order valence-electron chi connectivity index (χ3n) is 1.96. The minimum absolute atomic E-state index is 0.348. The molecule has 1 aromatic carbocycles. The van der Waals surface area contributed by atoms with Crippen LogP contribution in [0, 0.1) is 0 Å². The van der Waals surface area contributed by atoms with Crippen LogP contribution in [0.1, 0.15) is 18.4 Å². The van der Waals surface area contributed by atoms with Gasteiger partial charge in [-0.05, 0) is 5.56 Å². The molecule has 0 aliphatic carbocycles. The quantitative estimate of drug-likeness (QED) is 0.298. The summed E-state index contributed by atoms with van der Waals surface area (Å²) in [5.74, 6) is 0.348.